The average Bonchev–Trinajstić information content (AvgIpc) is 3.33. The number of benzene rings is 2. The number of rotatable bonds is 5. The minimum absolute atomic E-state index is 0.413. The van der Waals surface area contributed by atoms with Crippen LogP contribution in [0.4, 0.5) is 0 Å². The predicted octanol–water partition coefficient (Wildman–Crippen LogP) is 6.45. The van der Waals surface area contributed by atoms with Gasteiger partial charge in [0.2, 0.25) is 0 Å². The van der Waals surface area contributed by atoms with Crippen LogP contribution in [0.25, 0.3) is 11.1 Å². The predicted molar refractivity (Wildman–Crippen MR) is 124 cm³/mol. The van der Waals surface area contributed by atoms with E-state index in [2.05, 4.69) is 29.7 Å². The first-order valence-electron chi connectivity index (χ1n) is 10.9. The van der Waals surface area contributed by atoms with Crippen molar-refractivity contribution in [2.24, 2.45) is 0 Å². The lowest BCUT2D eigenvalue weighted by molar-refractivity contribution is -0.150. The number of hydrogen-bond acceptors (Lipinski definition) is 4. The van der Waals surface area contributed by atoms with Crippen LogP contribution in [0.3, 0.4) is 0 Å². The van der Waals surface area contributed by atoms with Crippen molar-refractivity contribution in [2.75, 3.05) is 0 Å². The summed E-state index contributed by atoms with van der Waals surface area (Å²) in [7, 11) is 0. The van der Waals surface area contributed by atoms with Gasteiger partial charge < -0.3 is 4.84 Å². The van der Waals surface area contributed by atoms with Gasteiger partial charge in [-0.15, -0.1) is 11.3 Å². The Bertz CT molecular complexity index is 1020. The van der Waals surface area contributed by atoms with Crippen molar-refractivity contribution >= 4 is 23.2 Å². The minimum atomic E-state index is -0.491. The molecule has 3 aromatic rings. The largest absolute Gasteiger partial charge is 0.340 e. The lowest BCUT2D eigenvalue weighted by atomic mass is 9.84. The number of carbonyl (C=O) groups is 2. The van der Waals surface area contributed by atoms with Gasteiger partial charge in [-0.1, -0.05) is 73.9 Å². The van der Waals surface area contributed by atoms with Crippen molar-refractivity contribution in [3.05, 3.63) is 82.0 Å². The number of hydroxylamine groups is 1. The standard InChI is InChI=1S/C26H27NO3S/c1-18(19-8-4-2-5-9-19)26(29)30-27-25(28)24-16-23(17-31-24)22-14-12-21(13-15-22)20-10-6-3-7-11-20/h2,4-5,8-9,12-18,20H,3,6-7,10-11H2,1H3,(H,27,28)/t18-/m0/s1. The number of hydrogen-bond donors (Lipinski definition) is 1. The van der Waals surface area contributed by atoms with Crippen LogP contribution in [-0.4, -0.2) is 11.9 Å². The molecule has 0 spiro atoms. The average molecular weight is 434 g/mol. The summed E-state index contributed by atoms with van der Waals surface area (Å²) in [6.07, 6.45) is 6.57. The quantitative estimate of drug-likeness (QED) is 0.470. The number of carbonyl (C=O) groups excluding carboxylic acids is 2. The maximum atomic E-state index is 12.4. The zero-order valence-electron chi connectivity index (χ0n) is 17.7. The molecule has 1 aliphatic rings. The van der Waals surface area contributed by atoms with E-state index in [4.69, 9.17) is 4.84 Å². The molecule has 0 saturated heterocycles. The number of thiophene rings is 1. The van der Waals surface area contributed by atoms with E-state index < -0.39 is 17.8 Å². The first-order chi connectivity index (χ1) is 15.1. The van der Waals surface area contributed by atoms with Crippen LogP contribution in [0.5, 0.6) is 0 Å². The molecule has 4 nitrogen and oxygen atoms in total. The summed E-state index contributed by atoms with van der Waals surface area (Å²) < 4.78 is 0. The topological polar surface area (TPSA) is 55.4 Å². The fraction of sp³-hybridized carbons (Fsp3) is 0.308. The van der Waals surface area contributed by atoms with Gasteiger partial charge in [-0.05, 0) is 59.4 Å². The molecule has 1 atom stereocenters. The Hall–Kier alpha value is -2.92. The van der Waals surface area contributed by atoms with E-state index in [-0.39, 0.29) is 0 Å². The van der Waals surface area contributed by atoms with Crippen LogP contribution in [0.15, 0.2) is 66.0 Å². The molecule has 1 saturated carbocycles. The smallest absolute Gasteiger partial charge is 0.339 e. The maximum Gasteiger partial charge on any atom is 0.339 e. The van der Waals surface area contributed by atoms with Crippen LogP contribution in [0.1, 0.15) is 71.7 Å². The summed E-state index contributed by atoms with van der Waals surface area (Å²) in [6, 6.07) is 19.9. The monoisotopic (exact) mass is 433 g/mol. The summed E-state index contributed by atoms with van der Waals surface area (Å²) in [5.41, 5.74) is 6.63. The zero-order chi connectivity index (χ0) is 21.6. The van der Waals surface area contributed by atoms with Gasteiger partial charge in [0.05, 0.1) is 10.8 Å². The second kappa shape index (κ2) is 9.92. The molecule has 160 valence electrons. The van der Waals surface area contributed by atoms with Crippen molar-refractivity contribution in [3.8, 4) is 11.1 Å². The molecule has 1 fully saturated rings. The summed E-state index contributed by atoms with van der Waals surface area (Å²) in [6.45, 7) is 1.75. The SMILES string of the molecule is C[C@H](C(=O)ONC(=O)c1cc(-c2ccc(C3CCCCC3)cc2)cs1)c1ccccc1. The van der Waals surface area contributed by atoms with E-state index in [1.165, 1.54) is 49.0 Å². The molecule has 5 heteroatoms. The lowest BCUT2D eigenvalue weighted by Crippen LogP contribution is -2.28. The first kappa shape index (κ1) is 21.3. The maximum absolute atomic E-state index is 12.4. The highest BCUT2D eigenvalue weighted by Crippen LogP contribution is 2.34. The number of amides is 1. The second-order valence-corrected chi connectivity index (χ2v) is 9.05. The highest BCUT2D eigenvalue weighted by Gasteiger charge is 2.19. The normalized spacial score (nSPS) is 15.3. The summed E-state index contributed by atoms with van der Waals surface area (Å²) in [5, 5.41) is 1.96. The second-order valence-electron chi connectivity index (χ2n) is 8.14. The molecule has 0 aliphatic heterocycles. The summed E-state index contributed by atoms with van der Waals surface area (Å²) >= 11 is 1.34. The minimum Gasteiger partial charge on any atom is -0.340 e. The van der Waals surface area contributed by atoms with Crippen LogP contribution in [0, 0.1) is 0 Å². The molecule has 1 N–H and O–H groups in total. The Labute approximate surface area is 187 Å². The molecule has 1 amide bonds. The van der Waals surface area contributed by atoms with Crippen LogP contribution >= 0.6 is 11.3 Å². The molecule has 1 heterocycles. The fourth-order valence-electron chi connectivity index (χ4n) is 4.10. The third kappa shape index (κ3) is 5.23. The van der Waals surface area contributed by atoms with Crippen molar-refractivity contribution < 1.29 is 14.4 Å². The highest BCUT2D eigenvalue weighted by atomic mass is 32.1. The summed E-state index contributed by atoms with van der Waals surface area (Å²) in [4.78, 5) is 30.2. The molecular weight excluding hydrogens is 406 g/mol. The third-order valence-electron chi connectivity index (χ3n) is 6.04. The Morgan fingerprint density at radius 2 is 1.68 bits per heavy atom. The molecule has 1 aromatic heterocycles. The van der Waals surface area contributed by atoms with Gasteiger partial charge >= 0.3 is 5.97 Å². The van der Waals surface area contributed by atoms with Crippen LogP contribution < -0.4 is 5.48 Å². The van der Waals surface area contributed by atoms with Crippen molar-refractivity contribution in [1.82, 2.24) is 5.48 Å². The molecule has 1 aliphatic carbocycles. The van der Waals surface area contributed by atoms with Crippen molar-refractivity contribution in [3.63, 3.8) is 0 Å². The molecule has 31 heavy (non-hydrogen) atoms. The van der Waals surface area contributed by atoms with E-state index in [1.807, 2.05) is 41.8 Å². The molecule has 0 unspecified atom stereocenters. The van der Waals surface area contributed by atoms with Gasteiger partial charge in [-0.2, -0.15) is 5.48 Å². The van der Waals surface area contributed by atoms with Gasteiger partial charge in [0.25, 0.3) is 5.91 Å². The molecule has 0 bridgehead atoms. The van der Waals surface area contributed by atoms with Gasteiger partial charge in [0.15, 0.2) is 0 Å². The van der Waals surface area contributed by atoms with Crippen molar-refractivity contribution in [2.45, 2.75) is 50.9 Å². The lowest BCUT2D eigenvalue weighted by Gasteiger charge is -2.22. The molecule has 2 aromatic carbocycles. The van der Waals surface area contributed by atoms with E-state index in [0.29, 0.717) is 10.8 Å². The third-order valence-corrected chi connectivity index (χ3v) is 6.97. The number of nitrogens with one attached hydrogen (secondary N) is 1. The van der Waals surface area contributed by atoms with Crippen LogP contribution in [0.2, 0.25) is 0 Å². The van der Waals surface area contributed by atoms with Gasteiger partial charge in [-0.25, -0.2) is 4.79 Å². The highest BCUT2D eigenvalue weighted by molar-refractivity contribution is 7.12. The van der Waals surface area contributed by atoms with E-state index in [9.17, 15) is 9.59 Å². The summed E-state index contributed by atoms with van der Waals surface area (Å²) in [5.74, 6) is -0.680. The van der Waals surface area contributed by atoms with E-state index in [0.717, 1.165) is 16.7 Å². The van der Waals surface area contributed by atoms with E-state index in [1.54, 1.807) is 6.92 Å². The Morgan fingerprint density at radius 1 is 0.968 bits per heavy atom. The Balaban J connectivity index is 1.34. The van der Waals surface area contributed by atoms with Gasteiger partial charge in [0, 0.05) is 0 Å². The van der Waals surface area contributed by atoms with Gasteiger partial charge in [0.1, 0.15) is 0 Å². The molecular formula is C26H27NO3S. The Kier molecular flexibility index (Phi) is 6.82. The van der Waals surface area contributed by atoms with E-state index >= 15 is 0 Å². The van der Waals surface area contributed by atoms with Crippen molar-refractivity contribution in [1.29, 1.82) is 0 Å². The van der Waals surface area contributed by atoms with Gasteiger partial charge in [-0.3, -0.25) is 4.79 Å². The fourth-order valence-corrected chi connectivity index (χ4v) is 4.91. The van der Waals surface area contributed by atoms with Crippen LogP contribution in [-0.2, 0) is 9.63 Å². The zero-order valence-corrected chi connectivity index (χ0v) is 18.5. The Morgan fingerprint density at radius 3 is 2.39 bits per heavy atom. The molecule has 4 rings (SSSR count). The molecule has 0 radical (unpaired) electrons. The first-order valence-corrected chi connectivity index (χ1v) is 11.7.